The summed E-state index contributed by atoms with van der Waals surface area (Å²) in [7, 11) is 1.56. The number of nitrogens with one attached hydrogen (secondary N) is 3. The topological polar surface area (TPSA) is 112 Å². The van der Waals surface area contributed by atoms with Gasteiger partial charge >= 0.3 is 12.2 Å². The number of hydrogen-bond donors (Lipinski definition) is 3. The van der Waals surface area contributed by atoms with Crippen molar-refractivity contribution in [3.05, 3.63) is 95.8 Å². The number of hydrazine groups is 1. The second-order valence-electron chi connectivity index (χ2n) is 10.1. The zero-order valence-corrected chi connectivity index (χ0v) is 24.0. The third-order valence-electron chi connectivity index (χ3n) is 6.97. The molecule has 1 saturated heterocycles. The van der Waals surface area contributed by atoms with E-state index in [2.05, 4.69) is 31.0 Å². The first-order valence-electron chi connectivity index (χ1n) is 13.7. The lowest BCUT2D eigenvalue weighted by atomic mass is 10.1. The molecule has 0 unspecified atom stereocenters. The van der Waals surface area contributed by atoms with Crippen molar-refractivity contribution in [2.45, 2.75) is 13.1 Å². The number of ether oxygens (including phenoxy) is 1. The van der Waals surface area contributed by atoms with Crippen LogP contribution in [-0.4, -0.2) is 60.3 Å². The van der Waals surface area contributed by atoms with E-state index in [9.17, 15) is 22.8 Å². The standard InChI is InChI=1S/C31H30F3N7O3/c1-20-6-9-25(37-29(42)22-4-3-5-23(16-22)31(32,33)34)17-26(20)38-30(43)40(2)28-18-27(35-19-36-28)21-7-10-24(11-8-21)39-41-12-14-44-15-13-41/h3-11,16-19,39H,12-15H2,1-2H3,(H,37,42)(H,38,43). The number of amides is 3. The molecule has 3 amide bonds. The Morgan fingerprint density at radius 3 is 2.36 bits per heavy atom. The van der Waals surface area contributed by atoms with E-state index in [1.165, 1.54) is 29.4 Å². The number of nitrogens with zero attached hydrogens (tertiary/aromatic N) is 4. The van der Waals surface area contributed by atoms with E-state index >= 15 is 0 Å². The van der Waals surface area contributed by atoms with Crippen LogP contribution < -0.4 is 21.0 Å². The van der Waals surface area contributed by atoms with Crippen LogP contribution >= 0.6 is 0 Å². The molecule has 3 N–H and O–H groups in total. The Morgan fingerprint density at radius 1 is 0.909 bits per heavy atom. The van der Waals surface area contributed by atoms with Gasteiger partial charge in [-0.2, -0.15) is 13.2 Å². The first kappa shape index (κ1) is 30.4. The van der Waals surface area contributed by atoms with E-state index < -0.39 is 23.7 Å². The van der Waals surface area contributed by atoms with Gasteiger partial charge in [-0.3, -0.25) is 9.69 Å². The molecule has 1 fully saturated rings. The molecule has 1 aliphatic heterocycles. The minimum Gasteiger partial charge on any atom is -0.379 e. The van der Waals surface area contributed by atoms with Crippen molar-refractivity contribution in [3.8, 4) is 11.3 Å². The van der Waals surface area contributed by atoms with Crippen LogP contribution in [0.5, 0.6) is 0 Å². The van der Waals surface area contributed by atoms with Crippen molar-refractivity contribution in [1.29, 1.82) is 0 Å². The number of carbonyl (C=O) groups is 2. The summed E-state index contributed by atoms with van der Waals surface area (Å²) in [5.74, 6) is -0.359. The van der Waals surface area contributed by atoms with Crippen LogP contribution in [0.2, 0.25) is 0 Å². The number of alkyl halides is 3. The highest BCUT2D eigenvalue weighted by molar-refractivity contribution is 6.05. The summed E-state index contributed by atoms with van der Waals surface area (Å²) >= 11 is 0. The van der Waals surface area contributed by atoms with Gasteiger partial charge in [-0.1, -0.05) is 24.3 Å². The molecule has 44 heavy (non-hydrogen) atoms. The van der Waals surface area contributed by atoms with Crippen LogP contribution in [0.1, 0.15) is 21.5 Å². The third kappa shape index (κ3) is 7.49. The fraction of sp³-hybridized carbons (Fsp3) is 0.226. The van der Waals surface area contributed by atoms with Gasteiger partial charge in [0.25, 0.3) is 5.91 Å². The molecule has 0 radical (unpaired) electrons. The number of aromatic nitrogens is 2. The molecule has 1 aliphatic rings. The van der Waals surface area contributed by atoms with Crippen LogP contribution in [0.4, 0.5) is 40.8 Å². The summed E-state index contributed by atoms with van der Waals surface area (Å²) in [4.78, 5) is 35.8. The van der Waals surface area contributed by atoms with E-state index in [1.54, 1.807) is 32.2 Å². The van der Waals surface area contributed by atoms with E-state index in [-0.39, 0.29) is 5.56 Å². The number of anilines is 4. The smallest absolute Gasteiger partial charge is 0.379 e. The fourth-order valence-corrected chi connectivity index (χ4v) is 4.44. The van der Waals surface area contributed by atoms with Crippen molar-refractivity contribution in [2.75, 3.05) is 54.3 Å². The quantitative estimate of drug-likeness (QED) is 0.235. The molecule has 10 nitrogen and oxygen atoms in total. The van der Waals surface area contributed by atoms with Gasteiger partial charge in [-0.25, -0.2) is 19.8 Å². The average Bonchev–Trinajstić information content (AvgIpc) is 3.03. The van der Waals surface area contributed by atoms with Gasteiger partial charge < -0.3 is 20.8 Å². The lowest BCUT2D eigenvalue weighted by molar-refractivity contribution is -0.137. The van der Waals surface area contributed by atoms with Crippen LogP contribution in [0.15, 0.2) is 79.1 Å². The number of aryl methyl sites for hydroxylation is 1. The summed E-state index contributed by atoms with van der Waals surface area (Å²) in [6.07, 6.45) is -3.19. The number of halogens is 3. The summed E-state index contributed by atoms with van der Waals surface area (Å²) in [6.45, 7) is 4.73. The van der Waals surface area contributed by atoms with Gasteiger partial charge in [-0.15, -0.1) is 0 Å². The Morgan fingerprint density at radius 2 is 1.64 bits per heavy atom. The zero-order chi connectivity index (χ0) is 31.3. The molecule has 0 aliphatic carbocycles. The normalized spacial score (nSPS) is 13.7. The van der Waals surface area contributed by atoms with Crippen LogP contribution in [0.3, 0.4) is 0 Å². The Balaban J connectivity index is 1.24. The fourth-order valence-electron chi connectivity index (χ4n) is 4.44. The molecule has 0 bridgehead atoms. The third-order valence-corrected chi connectivity index (χ3v) is 6.97. The largest absolute Gasteiger partial charge is 0.416 e. The van der Waals surface area contributed by atoms with Crippen molar-refractivity contribution >= 4 is 34.8 Å². The summed E-state index contributed by atoms with van der Waals surface area (Å²) in [5, 5.41) is 7.48. The minimum atomic E-state index is -4.57. The molecule has 0 atom stereocenters. The monoisotopic (exact) mass is 605 g/mol. The summed E-state index contributed by atoms with van der Waals surface area (Å²) in [6, 6.07) is 17.9. The van der Waals surface area contributed by atoms with Gasteiger partial charge in [0, 0.05) is 54.4 Å². The van der Waals surface area contributed by atoms with Crippen LogP contribution in [-0.2, 0) is 10.9 Å². The van der Waals surface area contributed by atoms with Crippen molar-refractivity contribution in [1.82, 2.24) is 15.0 Å². The minimum absolute atomic E-state index is 0.145. The number of carbonyl (C=O) groups excluding carboxylic acids is 2. The molecular formula is C31H30F3N7O3. The predicted molar refractivity (Wildman–Crippen MR) is 161 cm³/mol. The molecule has 3 aromatic carbocycles. The second kappa shape index (κ2) is 13.1. The second-order valence-corrected chi connectivity index (χ2v) is 10.1. The zero-order valence-electron chi connectivity index (χ0n) is 24.0. The van der Waals surface area contributed by atoms with Gasteiger partial charge in [0.2, 0.25) is 0 Å². The highest BCUT2D eigenvalue weighted by Crippen LogP contribution is 2.30. The number of benzene rings is 3. The highest BCUT2D eigenvalue weighted by atomic mass is 19.4. The Hall–Kier alpha value is -5.01. The average molecular weight is 606 g/mol. The molecule has 5 rings (SSSR count). The number of rotatable bonds is 7. The van der Waals surface area contributed by atoms with Gasteiger partial charge in [0.1, 0.15) is 12.1 Å². The molecule has 1 aromatic heterocycles. The van der Waals surface area contributed by atoms with Gasteiger partial charge in [0.05, 0.1) is 24.5 Å². The molecule has 13 heteroatoms. The molecular weight excluding hydrogens is 575 g/mol. The van der Waals surface area contributed by atoms with E-state index in [0.29, 0.717) is 41.7 Å². The number of morpholine rings is 1. The van der Waals surface area contributed by atoms with Gasteiger partial charge in [0.15, 0.2) is 0 Å². The Kier molecular flexibility index (Phi) is 9.07. The lowest BCUT2D eigenvalue weighted by Crippen LogP contribution is -2.40. The molecule has 0 saturated carbocycles. The molecule has 0 spiro atoms. The summed E-state index contributed by atoms with van der Waals surface area (Å²) < 4.78 is 44.6. The maximum Gasteiger partial charge on any atom is 0.416 e. The number of hydrogen-bond acceptors (Lipinski definition) is 7. The maximum atomic E-state index is 13.2. The highest BCUT2D eigenvalue weighted by Gasteiger charge is 2.31. The van der Waals surface area contributed by atoms with Crippen molar-refractivity contribution < 1.29 is 27.5 Å². The molecule has 4 aromatic rings. The first-order valence-corrected chi connectivity index (χ1v) is 13.7. The lowest BCUT2D eigenvalue weighted by Gasteiger charge is -2.28. The van der Waals surface area contributed by atoms with E-state index in [1.807, 2.05) is 24.3 Å². The Bertz CT molecular complexity index is 1640. The number of urea groups is 1. The first-order chi connectivity index (χ1) is 21.1. The summed E-state index contributed by atoms with van der Waals surface area (Å²) in [5.41, 5.74) is 6.11. The maximum absolute atomic E-state index is 13.2. The van der Waals surface area contributed by atoms with E-state index in [4.69, 9.17) is 4.74 Å². The van der Waals surface area contributed by atoms with Crippen molar-refractivity contribution in [2.24, 2.45) is 0 Å². The molecule has 2 heterocycles. The van der Waals surface area contributed by atoms with Crippen LogP contribution in [0, 0.1) is 6.92 Å². The SMILES string of the molecule is Cc1ccc(NC(=O)c2cccc(C(F)(F)F)c2)cc1NC(=O)N(C)c1cc(-c2ccc(NN3CCOCC3)cc2)ncn1. The Labute approximate surface area is 251 Å². The van der Waals surface area contributed by atoms with E-state index in [0.717, 1.165) is 36.5 Å². The van der Waals surface area contributed by atoms with Crippen molar-refractivity contribution in [3.63, 3.8) is 0 Å². The van der Waals surface area contributed by atoms with Gasteiger partial charge in [-0.05, 0) is 55.0 Å². The predicted octanol–water partition coefficient (Wildman–Crippen LogP) is 6.05. The van der Waals surface area contributed by atoms with Crippen LogP contribution in [0.25, 0.3) is 11.3 Å². The molecule has 228 valence electrons.